The Morgan fingerprint density at radius 1 is 1.20 bits per heavy atom. The summed E-state index contributed by atoms with van der Waals surface area (Å²) < 4.78 is 16.9. The van der Waals surface area contributed by atoms with E-state index < -0.39 is 0 Å². The molecule has 0 spiro atoms. The van der Waals surface area contributed by atoms with Gasteiger partial charge in [-0.2, -0.15) is 0 Å². The van der Waals surface area contributed by atoms with Crippen molar-refractivity contribution in [3.63, 3.8) is 0 Å². The molecule has 1 aromatic heterocycles. The van der Waals surface area contributed by atoms with Gasteiger partial charge in [0.15, 0.2) is 11.5 Å². The lowest BCUT2D eigenvalue weighted by molar-refractivity contribution is 0.174. The predicted octanol–water partition coefficient (Wildman–Crippen LogP) is 3.47. The van der Waals surface area contributed by atoms with Gasteiger partial charge in [0.25, 0.3) is 0 Å². The van der Waals surface area contributed by atoms with E-state index in [4.69, 9.17) is 13.9 Å². The van der Waals surface area contributed by atoms with E-state index >= 15 is 0 Å². The maximum atomic E-state index is 6.03. The molecule has 2 heterocycles. The summed E-state index contributed by atoms with van der Waals surface area (Å²) in [6.45, 7) is 8.54. The van der Waals surface area contributed by atoms with Crippen molar-refractivity contribution in [3.05, 3.63) is 23.5 Å². The average molecular weight is 275 g/mol. The van der Waals surface area contributed by atoms with Gasteiger partial charge < -0.3 is 19.2 Å². The molecule has 4 heteroatoms. The fourth-order valence-electron chi connectivity index (χ4n) is 2.60. The van der Waals surface area contributed by atoms with Crippen LogP contribution in [0.3, 0.4) is 0 Å². The van der Waals surface area contributed by atoms with Crippen molar-refractivity contribution in [1.29, 1.82) is 0 Å². The molecule has 1 aliphatic rings. The van der Waals surface area contributed by atoms with Crippen LogP contribution in [0.1, 0.15) is 32.1 Å². The summed E-state index contributed by atoms with van der Waals surface area (Å²) in [4.78, 5) is 0. The molecule has 0 unspecified atom stereocenters. The highest BCUT2D eigenvalue weighted by Gasteiger charge is 2.21. The molecule has 0 fully saturated rings. The zero-order valence-corrected chi connectivity index (χ0v) is 12.3. The van der Waals surface area contributed by atoms with Crippen molar-refractivity contribution in [1.82, 2.24) is 5.32 Å². The quantitative estimate of drug-likeness (QED) is 0.907. The second-order valence-corrected chi connectivity index (χ2v) is 5.58. The van der Waals surface area contributed by atoms with E-state index in [1.54, 1.807) is 0 Å². The Morgan fingerprint density at radius 3 is 2.65 bits per heavy atom. The van der Waals surface area contributed by atoms with Gasteiger partial charge in [0.05, 0.1) is 6.54 Å². The third kappa shape index (κ3) is 2.36. The number of rotatable bonds is 5. The zero-order chi connectivity index (χ0) is 14.1. The van der Waals surface area contributed by atoms with Gasteiger partial charge >= 0.3 is 0 Å². The smallest absolute Gasteiger partial charge is 0.231 e. The Bertz CT molecular complexity index is 616. The summed E-state index contributed by atoms with van der Waals surface area (Å²) in [6, 6.07) is 3.99. The first kappa shape index (κ1) is 13.3. The molecule has 20 heavy (non-hydrogen) atoms. The third-order valence-corrected chi connectivity index (χ3v) is 3.52. The van der Waals surface area contributed by atoms with Crippen LogP contribution < -0.4 is 14.8 Å². The number of ether oxygens (including phenoxy) is 2. The van der Waals surface area contributed by atoms with E-state index in [2.05, 4.69) is 26.1 Å². The highest BCUT2D eigenvalue weighted by molar-refractivity contribution is 5.86. The van der Waals surface area contributed by atoms with E-state index in [-0.39, 0.29) is 0 Å². The van der Waals surface area contributed by atoms with Crippen LogP contribution >= 0.6 is 0 Å². The van der Waals surface area contributed by atoms with Gasteiger partial charge in [-0.05, 0) is 24.9 Å². The molecule has 0 radical (unpaired) electrons. The largest absolute Gasteiger partial charge is 0.459 e. The summed E-state index contributed by atoms with van der Waals surface area (Å²) in [5.74, 6) is 3.21. The first-order valence-corrected chi connectivity index (χ1v) is 7.23. The van der Waals surface area contributed by atoms with Crippen molar-refractivity contribution < 1.29 is 13.9 Å². The fourth-order valence-corrected chi connectivity index (χ4v) is 2.60. The summed E-state index contributed by atoms with van der Waals surface area (Å²) in [5, 5.41) is 4.49. The second-order valence-electron chi connectivity index (χ2n) is 5.58. The normalized spacial score (nSPS) is 13.6. The van der Waals surface area contributed by atoms with E-state index in [0.717, 1.165) is 47.7 Å². The van der Waals surface area contributed by atoms with Gasteiger partial charge in [0, 0.05) is 17.0 Å². The summed E-state index contributed by atoms with van der Waals surface area (Å²) in [6.07, 6.45) is 1.01. The minimum Gasteiger partial charge on any atom is -0.459 e. The number of furan rings is 1. The Balaban J connectivity index is 2.08. The Labute approximate surface area is 119 Å². The first-order chi connectivity index (χ1) is 9.69. The summed E-state index contributed by atoms with van der Waals surface area (Å²) in [7, 11) is 0. The molecular weight excluding hydrogens is 254 g/mol. The van der Waals surface area contributed by atoms with Crippen LogP contribution in [0.15, 0.2) is 16.5 Å². The van der Waals surface area contributed by atoms with Gasteiger partial charge in [0.1, 0.15) is 11.3 Å². The maximum Gasteiger partial charge on any atom is 0.231 e. The molecule has 0 saturated carbocycles. The minimum atomic E-state index is 0.297. The molecule has 4 nitrogen and oxygen atoms in total. The molecule has 0 saturated heterocycles. The molecule has 0 atom stereocenters. The van der Waals surface area contributed by atoms with E-state index in [0.29, 0.717) is 12.7 Å². The van der Waals surface area contributed by atoms with Crippen LogP contribution in [0.5, 0.6) is 11.5 Å². The number of benzene rings is 1. The van der Waals surface area contributed by atoms with Crippen LogP contribution in [0, 0.1) is 5.92 Å². The van der Waals surface area contributed by atoms with Crippen molar-refractivity contribution in [2.24, 2.45) is 5.92 Å². The summed E-state index contributed by atoms with van der Waals surface area (Å²) in [5.41, 5.74) is 2.17. The SMILES string of the molecule is CCNCc1oc2cc3c(cc2c1CC(C)C)OCO3. The van der Waals surface area contributed by atoms with Crippen LogP contribution in [0.25, 0.3) is 11.0 Å². The van der Waals surface area contributed by atoms with Crippen molar-refractivity contribution in [3.8, 4) is 11.5 Å². The zero-order valence-electron chi connectivity index (χ0n) is 12.3. The molecule has 1 aromatic carbocycles. The van der Waals surface area contributed by atoms with Gasteiger partial charge in [-0.15, -0.1) is 0 Å². The van der Waals surface area contributed by atoms with Crippen LogP contribution in [-0.2, 0) is 13.0 Å². The molecule has 0 aliphatic carbocycles. The van der Waals surface area contributed by atoms with Crippen LogP contribution in [0.2, 0.25) is 0 Å². The molecule has 0 amide bonds. The standard InChI is InChI=1S/C16H21NO3/c1-4-17-8-16-11(5-10(2)3)12-6-14-15(19-9-18-14)7-13(12)20-16/h6-7,10,17H,4-5,8-9H2,1-3H3. The van der Waals surface area contributed by atoms with Crippen LogP contribution in [0.4, 0.5) is 0 Å². The lowest BCUT2D eigenvalue weighted by Gasteiger charge is -2.06. The van der Waals surface area contributed by atoms with Crippen molar-refractivity contribution >= 4 is 11.0 Å². The van der Waals surface area contributed by atoms with E-state index in [9.17, 15) is 0 Å². The number of hydrogen-bond donors (Lipinski definition) is 1. The predicted molar refractivity (Wildman–Crippen MR) is 78.3 cm³/mol. The van der Waals surface area contributed by atoms with Gasteiger partial charge in [-0.25, -0.2) is 0 Å². The monoisotopic (exact) mass is 275 g/mol. The second kappa shape index (κ2) is 5.37. The fraction of sp³-hybridized carbons (Fsp3) is 0.500. The molecule has 3 rings (SSSR count). The topological polar surface area (TPSA) is 43.6 Å². The van der Waals surface area contributed by atoms with Gasteiger partial charge in [-0.3, -0.25) is 0 Å². The molecule has 108 valence electrons. The molecule has 1 N–H and O–H groups in total. The average Bonchev–Trinajstić information content (AvgIpc) is 2.98. The maximum absolute atomic E-state index is 6.03. The lowest BCUT2D eigenvalue weighted by Crippen LogP contribution is -2.12. The first-order valence-electron chi connectivity index (χ1n) is 7.23. The van der Waals surface area contributed by atoms with Gasteiger partial charge in [-0.1, -0.05) is 20.8 Å². The molecular formula is C16H21NO3. The van der Waals surface area contributed by atoms with Crippen LogP contribution in [-0.4, -0.2) is 13.3 Å². The van der Waals surface area contributed by atoms with E-state index in [1.807, 2.05) is 12.1 Å². The molecule has 1 aliphatic heterocycles. The highest BCUT2D eigenvalue weighted by Crippen LogP contribution is 2.39. The lowest BCUT2D eigenvalue weighted by atomic mass is 9.99. The molecule has 2 aromatic rings. The van der Waals surface area contributed by atoms with E-state index in [1.165, 1.54) is 5.56 Å². The van der Waals surface area contributed by atoms with Crippen molar-refractivity contribution in [2.75, 3.05) is 13.3 Å². The summed E-state index contributed by atoms with van der Waals surface area (Å²) >= 11 is 0. The number of nitrogens with one attached hydrogen (secondary N) is 1. The van der Waals surface area contributed by atoms with Crippen molar-refractivity contribution in [2.45, 2.75) is 33.7 Å². The number of hydrogen-bond acceptors (Lipinski definition) is 4. The number of fused-ring (bicyclic) bond motifs is 2. The Hall–Kier alpha value is -1.68. The molecule has 0 bridgehead atoms. The Kier molecular flexibility index (Phi) is 3.57. The Morgan fingerprint density at radius 2 is 1.95 bits per heavy atom. The van der Waals surface area contributed by atoms with Gasteiger partial charge in [0.2, 0.25) is 6.79 Å². The third-order valence-electron chi connectivity index (χ3n) is 3.52. The minimum absolute atomic E-state index is 0.297. The highest BCUT2D eigenvalue weighted by atomic mass is 16.7.